The average Bonchev–Trinajstić information content (AvgIpc) is 2.65. The molecule has 118 valence electrons. The number of aryl methyl sites for hydroxylation is 1. The van der Waals surface area contributed by atoms with Gasteiger partial charge in [-0.25, -0.2) is 0 Å². The minimum absolute atomic E-state index is 0.0627. The first-order valence-corrected chi connectivity index (χ1v) is 6.21. The van der Waals surface area contributed by atoms with E-state index in [0.29, 0.717) is 0 Å². The van der Waals surface area contributed by atoms with E-state index >= 15 is 0 Å². The molecule has 6 nitrogen and oxygen atoms in total. The third-order valence-electron chi connectivity index (χ3n) is 3.04. The van der Waals surface area contributed by atoms with E-state index < -0.39 is 11.3 Å². The van der Waals surface area contributed by atoms with Crippen LogP contribution in [0.5, 0.6) is 5.75 Å². The number of hydrogen-bond acceptors (Lipinski definition) is 4. The third kappa shape index (κ3) is 3.35. The van der Waals surface area contributed by atoms with Crippen LogP contribution in [0, 0.1) is 24.0 Å². The summed E-state index contributed by atoms with van der Waals surface area (Å²) in [5.41, 5.74) is 0.551. The van der Waals surface area contributed by atoms with Crippen molar-refractivity contribution >= 4 is 5.69 Å². The number of halogens is 3. The number of ether oxygens (including phenoxy) is 1. The minimum Gasteiger partial charge on any atom is -0.405 e. The molecule has 22 heavy (non-hydrogen) atoms. The Morgan fingerprint density at radius 1 is 1.32 bits per heavy atom. The van der Waals surface area contributed by atoms with Crippen LogP contribution in [-0.4, -0.2) is 21.1 Å². The summed E-state index contributed by atoms with van der Waals surface area (Å²) in [5, 5.41) is 14.9. The van der Waals surface area contributed by atoms with Crippen LogP contribution >= 0.6 is 0 Å². The van der Waals surface area contributed by atoms with Gasteiger partial charge in [-0.3, -0.25) is 14.8 Å². The predicted molar refractivity (Wildman–Crippen MR) is 70.6 cm³/mol. The number of benzene rings is 1. The molecule has 0 radical (unpaired) electrons. The average molecular weight is 315 g/mol. The third-order valence-corrected chi connectivity index (χ3v) is 3.04. The molecular formula is C13H12F3N3O3. The summed E-state index contributed by atoms with van der Waals surface area (Å²) in [7, 11) is 0. The number of hydrogen-bond donors (Lipinski definition) is 0. The van der Waals surface area contributed by atoms with E-state index in [1.165, 1.54) is 36.7 Å². The van der Waals surface area contributed by atoms with Crippen molar-refractivity contribution in [3.63, 3.8) is 0 Å². The van der Waals surface area contributed by atoms with Gasteiger partial charge in [-0.1, -0.05) is 18.2 Å². The molecule has 0 spiro atoms. The van der Waals surface area contributed by atoms with Gasteiger partial charge in [0.05, 0.1) is 11.5 Å². The maximum Gasteiger partial charge on any atom is 0.573 e. The Kier molecular flexibility index (Phi) is 4.07. The van der Waals surface area contributed by atoms with E-state index in [2.05, 4.69) is 9.84 Å². The van der Waals surface area contributed by atoms with E-state index in [-0.39, 0.29) is 34.9 Å². The zero-order valence-corrected chi connectivity index (χ0v) is 11.7. The van der Waals surface area contributed by atoms with Crippen molar-refractivity contribution in [2.45, 2.75) is 26.8 Å². The maximum absolute atomic E-state index is 12.4. The zero-order chi connectivity index (χ0) is 16.5. The fourth-order valence-electron chi connectivity index (χ4n) is 2.13. The Labute approximate surface area is 123 Å². The highest BCUT2D eigenvalue weighted by atomic mass is 19.4. The second-order valence-corrected chi connectivity index (χ2v) is 4.59. The summed E-state index contributed by atoms with van der Waals surface area (Å²) in [6, 6.07) is 5.60. The van der Waals surface area contributed by atoms with Crippen molar-refractivity contribution in [1.29, 1.82) is 0 Å². The van der Waals surface area contributed by atoms with Crippen LogP contribution in [0.4, 0.5) is 18.9 Å². The van der Waals surface area contributed by atoms with Crippen LogP contribution in [0.15, 0.2) is 24.3 Å². The van der Waals surface area contributed by atoms with Crippen LogP contribution in [0.3, 0.4) is 0 Å². The van der Waals surface area contributed by atoms with Crippen LogP contribution < -0.4 is 4.74 Å². The molecule has 0 unspecified atom stereocenters. The van der Waals surface area contributed by atoms with Gasteiger partial charge in [0.1, 0.15) is 17.1 Å². The van der Waals surface area contributed by atoms with E-state index in [9.17, 15) is 23.3 Å². The largest absolute Gasteiger partial charge is 0.573 e. The Bertz CT molecular complexity index is 710. The van der Waals surface area contributed by atoms with Crippen molar-refractivity contribution in [2.75, 3.05) is 0 Å². The predicted octanol–water partition coefficient (Wildman–Crippen LogP) is 3.36. The molecule has 0 aliphatic carbocycles. The fourth-order valence-corrected chi connectivity index (χ4v) is 2.13. The number of nitrogens with zero attached hydrogens (tertiary/aromatic N) is 3. The Balaban J connectivity index is 2.36. The SMILES string of the molecule is Cc1nn(Cc2ccccc2OC(F)(F)F)c(C)c1[N+](=O)[O-]. The molecule has 0 atom stereocenters. The van der Waals surface area contributed by atoms with Crippen molar-refractivity contribution in [3.8, 4) is 5.75 Å². The summed E-state index contributed by atoms with van der Waals surface area (Å²) in [5.74, 6) is -0.356. The summed E-state index contributed by atoms with van der Waals surface area (Å²) in [6.07, 6.45) is -4.81. The summed E-state index contributed by atoms with van der Waals surface area (Å²) in [6.45, 7) is 2.90. The Morgan fingerprint density at radius 3 is 2.50 bits per heavy atom. The molecular weight excluding hydrogens is 303 g/mol. The lowest BCUT2D eigenvalue weighted by Gasteiger charge is -2.13. The molecule has 1 heterocycles. The van der Waals surface area contributed by atoms with Gasteiger partial charge in [0.2, 0.25) is 0 Å². The first kappa shape index (κ1) is 15.8. The molecule has 2 aromatic rings. The first-order chi connectivity index (χ1) is 10.2. The molecule has 0 fully saturated rings. The summed E-state index contributed by atoms with van der Waals surface area (Å²) >= 11 is 0. The van der Waals surface area contributed by atoms with Gasteiger partial charge in [-0.05, 0) is 19.9 Å². The number of rotatable bonds is 4. The van der Waals surface area contributed by atoms with Gasteiger partial charge in [0.25, 0.3) is 0 Å². The van der Waals surface area contributed by atoms with Crippen LogP contribution in [0.25, 0.3) is 0 Å². The molecule has 1 aromatic heterocycles. The lowest BCUT2D eigenvalue weighted by molar-refractivity contribution is -0.386. The molecule has 0 saturated carbocycles. The van der Waals surface area contributed by atoms with Gasteiger partial charge >= 0.3 is 12.0 Å². The number of para-hydroxylation sites is 1. The summed E-state index contributed by atoms with van der Waals surface area (Å²) < 4.78 is 42.4. The highest BCUT2D eigenvalue weighted by Gasteiger charge is 2.32. The Morgan fingerprint density at radius 2 is 1.95 bits per heavy atom. The van der Waals surface area contributed by atoms with Crippen molar-refractivity contribution in [2.24, 2.45) is 0 Å². The molecule has 0 N–H and O–H groups in total. The monoisotopic (exact) mass is 315 g/mol. The number of aromatic nitrogens is 2. The molecule has 9 heteroatoms. The van der Waals surface area contributed by atoms with Gasteiger partial charge in [0.15, 0.2) is 0 Å². The van der Waals surface area contributed by atoms with Crippen LogP contribution in [-0.2, 0) is 6.54 Å². The topological polar surface area (TPSA) is 70.2 Å². The standard InChI is InChI=1S/C13H12F3N3O3/c1-8-12(19(20)21)9(2)18(17-8)7-10-5-3-4-6-11(10)22-13(14,15)16/h3-6H,7H2,1-2H3. The summed E-state index contributed by atoms with van der Waals surface area (Å²) in [4.78, 5) is 10.4. The van der Waals surface area contributed by atoms with Crippen molar-refractivity contribution in [3.05, 3.63) is 51.3 Å². The maximum atomic E-state index is 12.4. The van der Waals surface area contributed by atoms with E-state index in [1.807, 2.05) is 0 Å². The molecule has 2 rings (SSSR count). The van der Waals surface area contributed by atoms with Crippen molar-refractivity contribution in [1.82, 2.24) is 9.78 Å². The molecule has 0 saturated heterocycles. The molecule has 1 aromatic carbocycles. The zero-order valence-electron chi connectivity index (χ0n) is 11.7. The number of nitro groups is 1. The van der Waals surface area contributed by atoms with Gasteiger partial charge in [-0.2, -0.15) is 5.10 Å². The van der Waals surface area contributed by atoms with E-state index in [4.69, 9.17) is 0 Å². The second-order valence-electron chi connectivity index (χ2n) is 4.59. The quantitative estimate of drug-likeness (QED) is 0.641. The highest BCUT2D eigenvalue weighted by molar-refractivity contribution is 5.41. The number of alkyl halides is 3. The van der Waals surface area contributed by atoms with Gasteiger partial charge < -0.3 is 4.74 Å². The fraction of sp³-hybridized carbons (Fsp3) is 0.308. The van der Waals surface area contributed by atoms with Crippen LogP contribution in [0.2, 0.25) is 0 Å². The minimum atomic E-state index is -4.81. The smallest absolute Gasteiger partial charge is 0.405 e. The molecule has 0 aliphatic rings. The molecule has 0 bridgehead atoms. The van der Waals surface area contributed by atoms with E-state index in [0.717, 1.165) is 0 Å². The van der Waals surface area contributed by atoms with Gasteiger partial charge in [0, 0.05) is 5.56 Å². The first-order valence-electron chi connectivity index (χ1n) is 6.21. The normalized spacial score (nSPS) is 11.5. The lowest BCUT2D eigenvalue weighted by atomic mass is 10.2. The lowest BCUT2D eigenvalue weighted by Crippen LogP contribution is -2.18. The van der Waals surface area contributed by atoms with Crippen molar-refractivity contribution < 1.29 is 22.8 Å². The second kappa shape index (κ2) is 5.66. The molecule has 0 amide bonds. The van der Waals surface area contributed by atoms with Gasteiger partial charge in [-0.15, -0.1) is 13.2 Å². The molecule has 0 aliphatic heterocycles. The highest BCUT2D eigenvalue weighted by Crippen LogP contribution is 2.28. The van der Waals surface area contributed by atoms with Crippen LogP contribution in [0.1, 0.15) is 17.0 Å². The van der Waals surface area contributed by atoms with E-state index in [1.54, 1.807) is 6.07 Å². The Hall–Kier alpha value is -2.58.